The normalized spacial score (nSPS) is 12.1. The predicted octanol–water partition coefficient (Wildman–Crippen LogP) is 4.52. The summed E-state index contributed by atoms with van der Waals surface area (Å²) in [7, 11) is 0. The molecular weight excluding hydrogens is 260 g/mol. The highest BCUT2D eigenvalue weighted by Crippen LogP contribution is 2.38. The summed E-state index contributed by atoms with van der Waals surface area (Å²) in [6.07, 6.45) is 0. The Labute approximate surface area is 127 Å². The Kier molecular flexibility index (Phi) is 4.13. The Hall–Kier alpha value is -1.77. The molecule has 21 heavy (non-hydrogen) atoms. The molecule has 0 amide bonds. The minimum atomic E-state index is -0.144. The monoisotopic (exact) mass is 286 g/mol. The number of hydrogen-bond donors (Lipinski definition) is 1. The Balaban J connectivity index is 2.58. The second kappa shape index (κ2) is 5.55. The molecule has 0 saturated heterocycles. The van der Waals surface area contributed by atoms with Gasteiger partial charge in [-0.1, -0.05) is 64.4 Å². The smallest absolute Gasteiger partial charge is 0.165 e. The van der Waals surface area contributed by atoms with Gasteiger partial charge in [0.05, 0.1) is 5.69 Å². The lowest BCUT2D eigenvalue weighted by atomic mass is 9.90. The molecule has 0 aliphatic heterocycles. The van der Waals surface area contributed by atoms with Crippen LogP contribution in [0.1, 0.15) is 45.9 Å². The van der Waals surface area contributed by atoms with Gasteiger partial charge >= 0.3 is 0 Å². The van der Waals surface area contributed by atoms with Gasteiger partial charge in [-0.3, -0.25) is 4.68 Å². The van der Waals surface area contributed by atoms with Crippen molar-refractivity contribution in [3.8, 4) is 17.0 Å². The largest absolute Gasteiger partial charge is 0.504 e. The number of aromatic hydroxyl groups is 1. The van der Waals surface area contributed by atoms with Crippen LogP contribution in [0.2, 0.25) is 0 Å². The van der Waals surface area contributed by atoms with Gasteiger partial charge in [0.25, 0.3) is 0 Å². The quantitative estimate of drug-likeness (QED) is 0.901. The first-order valence-electron chi connectivity index (χ1n) is 7.57. The minimum absolute atomic E-state index is 0.144. The fourth-order valence-corrected chi connectivity index (χ4v) is 2.58. The Morgan fingerprint density at radius 2 is 1.71 bits per heavy atom. The SMILES string of the molecule is Cc1ccc(-c2nn(CC(C)C)c(C(C)(C)C)c2O)cc1. The molecule has 1 N–H and O–H groups in total. The van der Waals surface area contributed by atoms with Gasteiger partial charge < -0.3 is 5.11 Å². The molecule has 0 aliphatic carbocycles. The molecule has 2 aromatic rings. The summed E-state index contributed by atoms with van der Waals surface area (Å²) in [5.74, 6) is 0.795. The molecular formula is C18H26N2O. The van der Waals surface area contributed by atoms with Gasteiger partial charge in [0.1, 0.15) is 5.69 Å². The lowest BCUT2D eigenvalue weighted by Crippen LogP contribution is -2.20. The zero-order valence-electron chi connectivity index (χ0n) is 13.9. The molecule has 1 aromatic heterocycles. The van der Waals surface area contributed by atoms with Gasteiger partial charge in [0.2, 0.25) is 0 Å². The minimum Gasteiger partial charge on any atom is -0.504 e. The van der Waals surface area contributed by atoms with E-state index in [0.717, 1.165) is 17.8 Å². The molecule has 0 atom stereocenters. The first-order chi connectivity index (χ1) is 9.70. The summed E-state index contributed by atoms with van der Waals surface area (Å²) in [6, 6.07) is 8.13. The van der Waals surface area contributed by atoms with E-state index < -0.39 is 0 Å². The Bertz CT molecular complexity index is 616. The van der Waals surface area contributed by atoms with Gasteiger partial charge in [0, 0.05) is 17.5 Å². The summed E-state index contributed by atoms with van der Waals surface area (Å²) in [5, 5.41) is 15.4. The number of hydrogen-bond acceptors (Lipinski definition) is 2. The van der Waals surface area contributed by atoms with Crippen LogP contribution in [0.15, 0.2) is 24.3 Å². The number of aromatic nitrogens is 2. The van der Waals surface area contributed by atoms with Gasteiger partial charge in [-0.25, -0.2) is 0 Å². The number of aryl methyl sites for hydroxylation is 1. The first-order valence-corrected chi connectivity index (χ1v) is 7.57. The first kappa shape index (κ1) is 15.6. The van der Waals surface area contributed by atoms with Crippen molar-refractivity contribution >= 4 is 0 Å². The molecule has 1 aromatic carbocycles. The third kappa shape index (κ3) is 3.29. The van der Waals surface area contributed by atoms with Crippen molar-refractivity contribution in [2.45, 2.75) is 53.5 Å². The third-order valence-electron chi connectivity index (χ3n) is 3.50. The fourth-order valence-electron chi connectivity index (χ4n) is 2.58. The van der Waals surface area contributed by atoms with E-state index in [2.05, 4.69) is 46.6 Å². The highest BCUT2D eigenvalue weighted by atomic mass is 16.3. The van der Waals surface area contributed by atoms with Gasteiger partial charge in [-0.2, -0.15) is 5.10 Å². The fraction of sp³-hybridized carbons (Fsp3) is 0.500. The van der Waals surface area contributed by atoms with E-state index in [1.807, 2.05) is 28.9 Å². The van der Waals surface area contributed by atoms with E-state index in [1.54, 1.807) is 0 Å². The van der Waals surface area contributed by atoms with Crippen LogP contribution >= 0.6 is 0 Å². The van der Waals surface area contributed by atoms with Crippen LogP contribution < -0.4 is 0 Å². The van der Waals surface area contributed by atoms with Crippen LogP contribution in [0.5, 0.6) is 5.75 Å². The molecule has 0 saturated carbocycles. The molecule has 3 nitrogen and oxygen atoms in total. The number of benzene rings is 1. The van der Waals surface area contributed by atoms with Crippen molar-refractivity contribution in [3.05, 3.63) is 35.5 Å². The van der Waals surface area contributed by atoms with Crippen LogP contribution in [-0.2, 0) is 12.0 Å². The lowest BCUT2D eigenvalue weighted by Gasteiger charge is -2.21. The maximum absolute atomic E-state index is 10.7. The van der Waals surface area contributed by atoms with E-state index in [9.17, 15) is 5.11 Å². The standard InChI is InChI=1S/C18H26N2O/c1-12(2)11-20-17(18(4,5)6)16(21)15(19-20)14-9-7-13(3)8-10-14/h7-10,12,21H,11H2,1-6H3. The number of rotatable bonds is 3. The summed E-state index contributed by atoms with van der Waals surface area (Å²) >= 11 is 0. The van der Waals surface area contributed by atoms with E-state index >= 15 is 0 Å². The second-order valence-corrected chi connectivity index (χ2v) is 7.24. The van der Waals surface area contributed by atoms with Crippen molar-refractivity contribution < 1.29 is 5.11 Å². The van der Waals surface area contributed by atoms with Gasteiger partial charge in [-0.15, -0.1) is 0 Å². The van der Waals surface area contributed by atoms with Crippen LogP contribution in [-0.4, -0.2) is 14.9 Å². The molecule has 114 valence electrons. The Morgan fingerprint density at radius 3 is 2.19 bits per heavy atom. The molecule has 0 fully saturated rings. The topological polar surface area (TPSA) is 38.0 Å². The highest BCUT2D eigenvalue weighted by Gasteiger charge is 2.28. The summed E-state index contributed by atoms with van der Waals surface area (Å²) in [6.45, 7) is 13.5. The van der Waals surface area contributed by atoms with Gasteiger partial charge in [0.15, 0.2) is 5.75 Å². The maximum Gasteiger partial charge on any atom is 0.165 e. The molecule has 3 heteroatoms. The third-order valence-corrected chi connectivity index (χ3v) is 3.50. The molecule has 0 bridgehead atoms. The molecule has 0 aliphatic rings. The van der Waals surface area contributed by atoms with Crippen molar-refractivity contribution in [1.82, 2.24) is 9.78 Å². The van der Waals surface area contributed by atoms with Crippen molar-refractivity contribution in [2.24, 2.45) is 5.92 Å². The zero-order chi connectivity index (χ0) is 15.8. The Morgan fingerprint density at radius 1 is 1.14 bits per heavy atom. The summed E-state index contributed by atoms with van der Waals surface area (Å²) in [5.41, 5.74) is 3.61. The second-order valence-electron chi connectivity index (χ2n) is 7.24. The maximum atomic E-state index is 10.7. The van der Waals surface area contributed by atoms with E-state index in [-0.39, 0.29) is 5.41 Å². The van der Waals surface area contributed by atoms with Crippen LogP contribution in [0.3, 0.4) is 0 Å². The molecule has 1 heterocycles. The van der Waals surface area contributed by atoms with E-state index in [4.69, 9.17) is 0 Å². The van der Waals surface area contributed by atoms with Crippen molar-refractivity contribution in [3.63, 3.8) is 0 Å². The molecule has 0 radical (unpaired) electrons. The lowest BCUT2D eigenvalue weighted by molar-refractivity contribution is 0.401. The average Bonchev–Trinajstić information content (AvgIpc) is 2.66. The average molecular weight is 286 g/mol. The van der Waals surface area contributed by atoms with Crippen molar-refractivity contribution in [1.29, 1.82) is 0 Å². The summed E-state index contributed by atoms with van der Waals surface area (Å²) in [4.78, 5) is 0. The van der Waals surface area contributed by atoms with E-state index in [1.165, 1.54) is 5.56 Å². The van der Waals surface area contributed by atoms with Crippen LogP contribution in [0, 0.1) is 12.8 Å². The van der Waals surface area contributed by atoms with Crippen molar-refractivity contribution in [2.75, 3.05) is 0 Å². The van der Waals surface area contributed by atoms with Crippen LogP contribution in [0.25, 0.3) is 11.3 Å². The predicted molar refractivity (Wildman–Crippen MR) is 87.6 cm³/mol. The highest BCUT2D eigenvalue weighted by molar-refractivity contribution is 5.68. The van der Waals surface area contributed by atoms with Crippen LogP contribution in [0.4, 0.5) is 0 Å². The molecule has 0 unspecified atom stereocenters. The van der Waals surface area contributed by atoms with Gasteiger partial charge in [-0.05, 0) is 12.8 Å². The molecule has 2 rings (SSSR count). The summed E-state index contributed by atoms with van der Waals surface area (Å²) < 4.78 is 1.97. The zero-order valence-corrected chi connectivity index (χ0v) is 13.9. The van der Waals surface area contributed by atoms with E-state index in [0.29, 0.717) is 17.4 Å². The number of nitrogens with zero attached hydrogens (tertiary/aromatic N) is 2. The molecule has 0 spiro atoms.